The first kappa shape index (κ1) is 19.1. The Morgan fingerprint density at radius 1 is 1.16 bits per heavy atom. The maximum Gasteiger partial charge on any atom is 0.369 e. The van der Waals surface area contributed by atoms with Crippen LogP contribution in [0.4, 0.5) is 5.69 Å². The Hall–Kier alpha value is -0.695. The van der Waals surface area contributed by atoms with Crippen LogP contribution in [0.2, 0.25) is 5.02 Å². The van der Waals surface area contributed by atoms with E-state index in [1.54, 1.807) is 6.07 Å². The lowest BCUT2D eigenvalue weighted by Gasteiger charge is -2.23. The normalized spacial score (nSPS) is 17.5. The minimum Gasteiger partial charge on any atom is -0.504 e. The van der Waals surface area contributed by atoms with Gasteiger partial charge in [-0.3, -0.25) is 5.01 Å². The number of hydrogen-bond acceptors (Lipinski definition) is 4. The fourth-order valence-electron chi connectivity index (χ4n) is 2.79. The number of halogens is 4. The molecule has 1 unspecified atom stereocenters. The predicted molar refractivity (Wildman–Crippen MR) is 115 cm³/mol. The van der Waals surface area contributed by atoms with Crippen molar-refractivity contribution in [3.05, 3.63) is 53.1 Å². The summed E-state index contributed by atoms with van der Waals surface area (Å²) in [6.45, 7) is 1.31. The molecular weight excluding hydrogens is 538 g/mol. The van der Waals surface area contributed by atoms with E-state index in [0.717, 1.165) is 23.5 Å². The second-order valence-corrected chi connectivity index (χ2v) is 12.3. The first-order chi connectivity index (χ1) is 12.0. The molecule has 2 aromatic rings. The van der Waals surface area contributed by atoms with E-state index in [2.05, 4.69) is 47.3 Å². The minimum absolute atomic E-state index is 0.165. The molecule has 0 saturated heterocycles. The zero-order valence-corrected chi connectivity index (χ0v) is 18.4. The Kier molecular flexibility index (Phi) is 6.36. The van der Waals surface area contributed by atoms with Gasteiger partial charge in [-0.1, -0.05) is 17.7 Å². The van der Waals surface area contributed by atoms with E-state index in [9.17, 15) is 5.11 Å². The number of anilines is 1. The molecule has 130 valence electrons. The monoisotopic (exact) mass is 548 g/mol. The fourth-order valence-corrected chi connectivity index (χ4v) is 2.92. The van der Waals surface area contributed by atoms with Gasteiger partial charge in [-0.25, -0.2) is 0 Å². The van der Waals surface area contributed by atoms with Crippen LogP contribution in [0.5, 0.6) is 11.5 Å². The molecule has 0 spiro atoms. The molecule has 1 atom stereocenters. The van der Waals surface area contributed by atoms with Gasteiger partial charge in [0.05, 0.1) is 30.5 Å². The highest BCUT2D eigenvalue weighted by molar-refractivity contribution is 9.69. The Labute approximate surface area is 176 Å². The molecule has 4 rings (SSSR count). The van der Waals surface area contributed by atoms with Gasteiger partial charge in [0.1, 0.15) is 0 Å². The molecule has 2 aliphatic heterocycles. The standard InChI is InChI=1S/C16H13ClN2O2.BBr3/c17-11-4-6-12(7-5-11)19-8-10-9-21-16-13(15(10)18-19)2-1-3-14(16)20;2-1(3)4/h1-7,10,20H,8-9H2;. The number of phenols is 1. The van der Waals surface area contributed by atoms with Crippen LogP contribution in [-0.4, -0.2) is 27.2 Å². The molecule has 2 aromatic carbocycles. The third-order valence-corrected chi connectivity index (χ3v) is 4.08. The van der Waals surface area contributed by atoms with Crippen LogP contribution in [-0.2, 0) is 0 Å². The highest BCUT2D eigenvalue weighted by Crippen LogP contribution is 2.38. The van der Waals surface area contributed by atoms with Crippen molar-refractivity contribution < 1.29 is 9.84 Å². The number of hydrazone groups is 1. The Balaban J connectivity index is 0.000000415. The van der Waals surface area contributed by atoms with Gasteiger partial charge in [-0.2, -0.15) is 5.10 Å². The first-order valence-electron chi connectivity index (χ1n) is 7.44. The van der Waals surface area contributed by atoms with Crippen molar-refractivity contribution in [1.29, 1.82) is 0 Å². The van der Waals surface area contributed by atoms with Gasteiger partial charge in [-0.15, -0.1) is 47.3 Å². The van der Waals surface area contributed by atoms with E-state index in [4.69, 9.17) is 21.4 Å². The highest BCUT2D eigenvalue weighted by Gasteiger charge is 2.35. The third kappa shape index (κ3) is 4.53. The molecule has 0 bridgehead atoms. The predicted octanol–water partition coefficient (Wildman–Crippen LogP) is 5.43. The van der Waals surface area contributed by atoms with Crippen LogP contribution in [0.25, 0.3) is 0 Å². The summed E-state index contributed by atoms with van der Waals surface area (Å²) in [6.07, 6.45) is 0. The average molecular weight is 551 g/mol. The molecule has 2 heterocycles. The van der Waals surface area contributed by atoms with E-state index < -0.39 is 0 Å². The maximum absolute atomic E-state index is 9.88. The van der Waals surface area contributed by atoms with E-state index in [0.29, 0.717) is 17.4 Å². The van der Waals surface area contributed by atoms with Gasteiger partial charge in [0, 0.05) is 10.6 Å². The van der Waals surface area contributed by atoms with Gasteiger partial charge in [-0.05, 0) is 36.4 Å². The number of hydrogen-bond donors (Lipinski definition) is 1. The molecule has 0 radical (unpaired) electrons. The summed E-state index contributed by atoms with van der Waals surface area (Å²) in [5.74, 6) is 0.916. The summed E-state index contributed by atoms with van der Waals surface area (Å²) in [4.78, 5) is 0. The summed E-state index contributed by atoms with van der Waals surface area (Å²) in [7, 11) is 0. The van der Waals surface area contributed by atoms with Crippen LogP contribution in [0.3, 0.4) is 0 Å². The SMILES string of the molecule is BrB(Br)Br.Oc1cccc2c1OCC1CN(c3ccc(Cl)cc3)N=C21. The van der Waals surface area contributed by atoms with Crippen LogP contribution in [0.15, 0.2) is 47.6 Å². The molecule has 0 aliphatic carbocycles. The zero-order chi connectivity index (χ0) is 18.0. The summed E-state index contributed by atoms with van der Waals surface area (Å²) in [6, 6.07) is 13.0. The van der Waals surface area contributed by atoms with Crippen molar-refractivity contribution in [2.24, 2.45) is 11.0 Å². The third-order valence-electron chi connectivity index (χ3n) is 3.83. The van der Waals surface area contributed by atoms with Crippen molar-refractivity contribution in [2.45, 2.75) is 0 Å². The van der Waals surface area contributed by atoms with Gasteiger partial charge >= 0.3 is 3.18 Å². The summed E-state index contributed by atoms with van der Waals surface area (Å²) < 4.78 is 5.96. The van der Waals surface area contributed by atoms with E-state index in [-0.39, 0.29) is 14.9 Å². The van der Waals surface area contributed by atoms with Crippen molar-refractivity contribution in [3.8, 4) is 11.5 Å². The Morgan fingerprint density at radius 3 is 2.52 bits per heavy atom. The topological polar surface area (TPSA) is 45.1 Å². The first-order valence-corrected chi connectivity index (χ1v) is 10.6. The van der Waals surface area contributed by atoms with Crippen LogP contribution < -0.4 is 9.75 Å². The summed E-state index contributed by atoms with van der Waals surface area (Å²) >= 11 is 15.2. The van der Waals surface area contributed by atoms with Crippen molar-refractivity contribution in [2.75, 3.05) is 18.2 Å². The molecule has 0 amide bonds. The lowest BCUT2D eigenvalue weighted by atomic mass is 9.95. The van der Waals surface area contributed by atoms with Crippen LogP contribution in [0.1, 0.15) is 5.56 Å². The number of ether oxygens (including phenoxy) is 1. The summed E-state index contributed by atoms with van der Waals surface area (Å²) in [5, 5.41) is 17.3. The lowest BCUT2D eigenvalue weighted by molar-refractivity contribution is 0.267. The van der Waals surface area contributed by atoms with Crippen molar-refractivity contribution in [3.63, 3.8) is 0 Å². The molecule has 2 aliphatic rings. The largest absolute Gasteiger partial charge is 0.504 e. The smallest absolute Gasteiger partial charge is 0.369 e. The maximum atomic E-state index is 9.88. The molecule has 0 fully saturated rings. The number of aromatic hydroxyl groups is 1. The Bertz CT molecular complexity index is 787. The number of rotatable bonds is 1. The van der Waals surface area contributed by atoms with Gasteiger partial charge in [0.15, 0.2) is 11.5 Å². The number of nitrogens with zero attached hydrogens (tertiary/aromatic N) is 2. The highest BCUT2D eigenvalue weighted by atomic mass is 79.9. The van der Waals surface area contributed by atoms with Crippen molar-refractivity contribution in [1.82, 2.24) is 0 Å². The van der Waals surface area contributed by atoms with E-state index in [1.807, 2.05) is 41.4 Å². The van der Waals surface area contributed by atoms with Gasteiger partial charge in [0.25, 0.3) is 0 Å². The molecule has 0 aromatic heterocycles. The number of fused-ring (bicyclic) bond motifs is 3. The second-order valence-electron chi connectivity index (χ2n) is 5.45. The van der Waals surface area contributed by atoms with Gasteiger partial charge in [0.2, 0.25) is 0 Å². The molecule has 4 nitrogen and oxygen atoms in total. The van der Waals surface area contributed by atoms with E-state index in [1.165, 1.54) is 0 Å². The fraction of sp³-hybridized carbons (Fsp3) is 0.188. The second kappa shape index (κ2) is 8.33. The van der Waals surface area contributed by atoms with E-state index >= 15 is 0 Å². The molecule has 1 N–H and O–H groups in total. The molecule has 25 heavy (non-hydrogen) atoms. The summed E-state index contributed by atoms with van der Waals surface area (Å²) in [5.41, 5.74) is 2.85. The number of benzene rings is 2. The Morgan fingerprint density at radius 2 is 1.84 bits per heavy atom. The molecular formula is C16H13BBr3ClN2O2. The zero-order valence-electron chi connectivity index (χ0n) is 12.9. The lowest BCUT2D eigenvalue weighted by Crippen LogP contribution is -2.29. The van der Waals surface area contributed by atoms with Gasteiger partial charge < -0.3 is 9.84 Å². The minimum atomic E-state index is 0.165. The molecule has 9 heteroatoms. The van der Waals surface area contributed by atoms with Crippen LogP contribution in [0, 0.1) is 5.92 Å². The number of phenolic OH excluding ortho intramolecular Hbond substituents is 1. The number of para-hydroxylation sites is 1. The van der Waals surface area contributed by atoms with Crippen LogP contribution >= 0.6 is 58.9 Å². The quantitative estimate of drug-likeness (QED) is 0.481. The van der Waals surface area contributed by atoms with Crippen molar-refractivity contribution >= 4 is 73.5 Å². The average Bonchev–Trinajstić information content (AvgIpc) is 3.00. The molecule has 0 saturated carbocycles.